The first-order valence-corrected chi connectivity index (χ1v) is 15.7. The summed E-state index contributed by atoms with van der Waals surface area (Å²) in [7, 11) is 0. The Bertz CT molecular complexity index is 1200. The molecule has 1 N–H and O–H groups in total. The number of rotatable bonds is 8. The lowest BCUT2D eigenvalue weighted by atomic mass is 9.94. The van der Waals surface area contributed by atoms with E-state index in [0.717, 1.165) is 66.8 Å². The van der Waals surface area contributed by atoms with Crippen molar-refractivity contribution in [1.29, 1.82) is 0 Å². The number of aliphatic carboxylic acids is 1. The summed E-state index contributed by atoms with van der Waals surface area (Å²) in [4.78, 5) is 40.4. The van der Waals surface area contributed by atoms with Crippen molar-refractivity contribution in [2.24, 2.45) is 5.92 Å². The Morgan fingerprint density at radius 2 is 1.76 bits per heavy atom. The molecule has 2 aliphatic heterocycles. The molecule has 2 aliphatic rings. The Kier molecular flexibility index (Phi) is 12.9. The minimum atomic E-state index is -5.08. The van der Waals surface area contributed by atoms with E-state index in [4.69, 9.17) is 21.5 Å². The summed E-state index contributed by atoms with van der Waals surface area (Å²) >= 11 is 9.80. The third-order valence-electron chi connectivity index (χ3n) is 7.08. The highest BCUT2D eigenvalue weighted by atomic mass is 35.5. The Morgan fingerprint density at radius 3 is 2.29 bits per heavy atom. The average molecular weight is 650 g/mol. The number of nitrogens with zero attached hydrogens (tertiary/aromatic N) is 5. The van der Waals surface area contributed by atoms with Crippen LogP contribution in [0.1, 0.15) is 44.0 Å². The van der Waals surface area contributed by atoms with Gasteiger partial charge in [-0.05, 0) is 76.9 Å². The molecule has 15 heteroatoms. The Balaban J connectivity index is 0.000000616. The van der Waals surface area contributed by atoms with Gasteiger partial charge in [-0.25, -0.2) is 4.79 Å². The number of thioether (sulfide) groups is 1. The molecule has 0 radical (unpaired) electrons. The first kappa shape index (κ1) is 34.1. The van der Waals surface area contributed by atoms with Gasteiger partial charge < -0.3 is 19.8 Å². The van der Waals surface area contributed by atoms with Crippen LogP contribution >= 0.6 is 34.7 Å². The quantitative estimate of drug-likeness (QED) is 0.407. The van der Waals surface area contributed by atoms with Crippen LogP contribution in [0.2, 0.25) is 5.02 Å². The SMILES string of the molecule is CC(=O)N1CCC(C(=O)N(CCCN2CCC(Sc3nnc(C)s3)CC2)c2cccc(Cl)c2)CC1.O=C(O)C(F)(F)F. The molecule has 0 bridgehead atoms. The predicted molar refractivity (Wildman–Crippen MR) is 157 cm³/mol. The molecule has 232 valence electrons. The second-order valence-corrected chi connectivity index (χ2v) is 13.3. The maximum absolute atomic E-state index is 13.5. The molecule has 0 unspecified atom stereocenters. The second kappa shape index (κ2) is 15.9. The van der Waals surface area contributed by atoms with Gasteiger partial charge in [-0.3, -0.25) is 9.59 Å². The number of likely N-dealkylation sites (tertiary alicyclic amines) is 2. The summed E-state index contributed by atoms with van der Waals surface area (Å²) in [5, 5.41) is 17.8. The minimum Gasteiger partial charge on any atom is -0.475 e. The van der Waals surface area contributed by atoms with Crippen LogP contribution in [-0.2, 0) is 14.4 Å². The monoisotopic (exact) mass is 649 g/mol. The molecule has 3 heterocycles. The van der Waals surface area contributed by atoms with Crippen LogP contribution in [0.15, 0.2) is 28.6 Å². The minimum absolute atomic E-state index is 0.0543. The van der Waals surface area contributed by atoms with E-state index in [1.54, 1.807) is 18.3 Å². The van der Waals surface area contributed by atoms with E-state index in [2.05, 4.69) is 15.1 Å². The van der Waals surface area contributed by atoms with Gasteiger partial charge in [-0.1, -0.05) is 40.8 Å². The third-order valence-corrected chi connectivity index (χ3v) is 9.58. The zero-order valence-corrected chi connectivity index (χ0v) is 25.9. The maximum Gasteiger partial charge on any atom is 0.490 e. The highest BCUT2D eigenvalue weighted by Crippen LogP contribution is 2.32. The van der Waals surface area contributed by atoms with Crippen LogP contribution in [0.3, 0.4) is 0 Å². The normalized spacial score (nSPS) is 17.0. The zero-order valence-electron chi connectivity index (χ0n) is 23.5. The molecule has 4 rings (SSSR count). The number of carboxylic acid groups (broad SMARTS) is 1. The van der Waals surface area contributed by atoms with Crippen molar-refractivity contribution in [3.8, 4) is 0 Å². The number of hydrogen-bond acceptors (Lipinski definition) is 8. The molecular weight excluding hydrogens is 615 g/mol. The van der Waals surface area contributed by atoms with Crippen molar-refractivity contribution in [2.75, 3.05) is 44.2 Å². The zero-order chi connectivity index (χ0) is 30.9. The molecule has 1 aromatic heterocycles. The van der Waals surface area contributed by atoms with E-state index in [1.165, 1.54) is 0 Å². The van der Waals surface area contributed by atoms with Crippen LogP contribution in [0.5, 0.6) is 0 Å². The van der Waals surface area contributed by atoms with Gasteiger partial charge in [-0.2, -0.15) is 13.2 Å². The van der Waals surface area contributed by atoms with E-state index in [1.807, 2.05) is 52.8 Å². The van der Waals surface area contributed by atoms with Gasteiger partial charge in [0.25, 0.3) is 0 Å². The molecule has 0 aliphatic carbocycles. The van der Waals surface area contributed by atoms with Crippen molar-refractivity contribution in [2.45, 2.75) is 61.7 Å². The van der Waals surface area contributed by atoms with Gasteiger partial charge in [0.15, 0.2) is 4.34 Å². The van der Waals surface area contributed by atoms with Crippen LogP contribution in [-0.4, -0.2) is 93.6 Å². The highest BCUT2D eigenvalue weighted by molar-refractivity contribution is 8.01. The fraction of sp³-hybridized carbons (Fsp3) is 0.593. The molecular formula is C27H35ClF3N5O4S2. The Labute approximate surface area is 256 Å². The number of carbonyl (C=O) groups excluding carboxylic acids is 2. The Hall–Kier alpha value is -2.42. The molecule has 2 saturated heterocycles. The number of anilines is 1. The first-order chi connectivity index (χ1) is 19.8. The number of halogens is 4. The molecule has 1 aromatic carbocycles. The van der Waals surface area contributed by atoms with Gasteiger partial charge >= 0.3 is 12.1 Å². The topological polar surface area (TPSA) is 107 Å². The van der Waals surface area contributed by atoms with Crippen LogP contribution in [0, 0.1) is 12.8 Å². The van der Waals surface area contributed by atoms with Crippen molar-refractivity contribution >= 4 is 58.2 Å². The number of aryl methyl sites for hydroxylation is 1. The molecule has 2 amide bonds. The third kappa shape index (κ3) is 10.7. The molecule has 0 atom stereocenters. The number of aromatic nitrogens is 2. The number of benzene rings is 1. The summed E-state index contributed by atoms with van der Waals surface area (Å²) in [5.74, 6) is -2.57. The van der Waals surface area contributed by atoms with E-state index in [-0.39, 0.29) is 17.7 Å². The second-order valence-electron chi connectivity index (χ2n) is 10.2. The summed E-state index contributed by atoms with van der Waals surface area (Å²) < 4.78 is 32.8. The predicted octanol–water partition coefficient (Wildman–Crippen LogP) is 5.37. The summed E-state index contributed by atoms with van der Waals surface area (Å²) in [5.41, 5.74) is 0.860. The molecule has 42 heavy (non-hydrogen) atoms. The van der Waals surface area contributed by atoms with E-state index >= 15 is 0 Å². The molecule has 9 nitrogen and oxygen atoms in total. The number of amides is 2. The largest absolute Gasteiger partial charge is 0.490 e. The average Bonchev–Trinajstić information content (AvgIpc) is 3.35. The lowest BCUT2D eigenvalue weighted by Crippen LogP contribution is -2.45. The summed E-state index contributed by atoms with van der Waals surface area (Å²) in [6, 6.07) is 7.58. The van der Waals surface area contributed by atoms with Crippen molar-refractivity contribution in [3.63, 3.8) is 0 Å². The Morgan fingerprint density at radius 1 is 1.12 bits per heavy atom. The molecule has 2 fully saturated rings. The van der Waals surface area contributed by atoms with Crippen molar-refractivity contribution in [1.82, 2.24) is 20.0 Å². The van der Waals surface area contributed by atoms with E-state index < -0.39 is 12.1 Å². The van der Waals surface area contributed by atoms with E-state index in [9.17, 15) is 22.8 Å². The van der Waals surface area contributed by atoms with Crippen LogP contribution < -0.4 is 4.90 Å². The number of piperidine rings is 2. The molecule has 2 aromatic rings. The lowest BCUT2D eigenvalue weighted by molar-refractivity contribution is -0.192. The molecule has 0 saturated carbocycles. The van der Waals surface area contributed by atoms with Gasteiger partial charge in [0.2, 0.25) is 11.8 Å². The lowest BCUT2D eigenvalue weighted by Gasteiger charge is -2.35. The van der Waals surface area contributed by atoms with Crippen molar-refractivity contribution in [3.05, 3.63) is 34.3 Å². The van der Waals surface area contributed by atoms with Gasteiger partial charge in [0.05, 0.1) is 0 Å². The standard InChI is InChI=1S/C25H34ClN5O2S2.C2HF3O2/c1-18-27-28-25(34-18)35-23-9-13-29(14-10-23)11-4-12-31(22-6-3-5-21(26)17-22)24(33)20-7-15-30(16-8-20)19(2)32;3-2(4,5)1(6)7/h3,5-6,17,20,23H,4,7-16H2,1-2H3;(H,6,7). The number of carbonyl (C=O) groups is 3. The summed E-state index contributed by atoms with van der Waals surface area (Å²) in [6.45, 7) is 8.69. The van der Waals surface area contributed by atoms with Crippen LogP contribution in [0.4, 0.5) is 18.9 Å². The maximum atomic E-state index is 13.5. The summed E-state index contributed by atoms with van der Waals surface area (Å²) in [6.07, 6.45) is -0.439. The van der Waals surface area contributed by atoms with Crippen LogP contribution in [0.25, 0.3) is 0 Å². The fourth-order valence-electron chi connectivity index (χ4n) is 4.84. The van der Waals surface area contributed by atoms with Crippen molar-refractivity contribution < 1.29 is 32.7 Å². The van der Waals surface area contributed by atoms with Gasteiger partial charge in [0, 0.05) is 48.4 Å². The number of carboxylic acids is 1. The number of hydrogen-bond donors (Lipinski definition) is 1. The highest BCUT2D eigenvalue weighted by Gasteiger charge is 2.38. The van der Waals surface area contributed by atoms with E-state index in [0.29, 0.717) is 29.9 Å². The number of alkyl halides is 3. The van der Waals surface area contributed by atoms with Gasteiger partial charge in [0.1, 0.15) is 5.01 Å². The van der Waals surface area contributed by atoms with Gasteiger partial charge in [-0.15, -0.1) is 10.2 Å². The fourth-order valence-corrected chi connectivity index (χ4v) is 7.23. The first-order valence-electron chi connectivity index (χ1n) is 13.6. The smallest absolute Gasteiger partial charge is 0.475 e. The molecule has 0 spiro atoms.